The van der Waals surface area contributed by atoms with Crippen molar-refractivity contribution in [2.24, 2.45) is 0 Å². The second kappa shape index (κ2) is 13.1. The summed E-state index contributed by atoms with van der Waals surface area (Å²) in [5.74, 6) is -0.598. The van der Waals surface area contributed by atoms with Crippen molar-refractivity contribution in [3.63, 3.8) is 0 Å². The Labute approximate surface area is 222 Å². The van der Waals surface area contributed by atoms with Gasteiger partial charge in [0, 0.05) is 17.6 Å². The third kappa shape index (κ3) is 7.33. The van der Waals surface area contributed by atoms with Crippen molar-refractivity contribution in [1.29, 1.82) is 0 Å². The highest BCUT2D eigenvalue weighted by Crippen LogP contribution is 2.24. The maximum absolute atomic E-state index is 12.5. The number of nitrogens with one attached hydrogen (secondary N) is 2. The molecule has 0 spiro atoms. The number of esters is 1. The number of ether oxygens (including phenoxy) is 1. The molecule has 2 amide bonds. The van der Waals surface area contributed by atoms with Gasteiger partial charge in [0.2, 0.25) is 11.8 Å². The van der Waals surface area contributed by atoms with E-state index in [0.29, 0.717) is 33.3 Å². The zero-order valence-electron chi connectivity index (χ0n) is 19.5. The van der Waals surface area contributed by atoms with Crippen molar-refractivity contribution in [3.05, 3.63) is 75.5 Å². The number of carbonyl (C=O) groups is 3. The minimum absolute atomic E-state index is 0.0316. The SMILES string of the molecule is CCn1c(CNC(=O)C=Cc2ccccc2Cl)nnc1SCC(=O)Nc1cc(C(=O)OC)ccc1Cl. The third-order valence-electron chi connectivity index (χ3n) is 4.84. The van der Waals surface area contributed by atoms with Crippen molar-refractivity contribution in [3.8, 4) is 0 Å². The first kappa shape index (κ1) is 27.3. The Morgan fingerprint density at radius 3 is 2.61 bits per heavy atom. The number of halogens is 2. The number of benzene rings is 2. The second-order valence-electron chi connectivity index (χ2n) is 7.24. The Bertz CT molecular complexity index is 1300. The Morgan fingerprint density at radius 2 is 1.89 bits per heavy atom. The van der Waals surface area contributed by atoms with Crippen LogP contribution in [0.2, 0.25) is 10.0 Å². The van der Waals surface area contributed by atoms with E-state index >= 15 is 0 Å². The first-order valence-electron chi connectivity index (χ1n) is 10.7. The molecule has 0 aliphatic heterocycles. The lowest BCUT2D eigenvalue weighted by Crippen LogP contribution is -2.22. The predicted molar refractivity (Wildman–Crippen MR) is 140 cm³/mol. The van der Waals surface area contributed by atoms with Gasteiger partial charge < -0.3 is 19.9 Å². The van der Waals surface area contributed by atoms with Gasteiger partial charge in [0.1, 0.15) is 0 Å². The number of amides is 2. The molecule has 0 unspecified atom stereocenters. The number of aromatic nitrogens is 3. The number of anilines is 1. The van der Waals surface area contributed by atoms with Gasteiger partial charge in [-0.1, -0.05) is 53.2 Å². The number of hydrogen-bond acceptors (Lipinski definition) is 7. The molecule has 0 radical (unpaired) electrons. The minimum Gasteiger partial charge on any atom is -0.465 e. The Hall–Kier alpha value is -3.34. The van der Waals surface area contributed by atoms with Gasteiger partial charge in [-0.2, -0.15) is 0 Å². The van der Waals surface area contributed by atoms with E-state index in [1.807, 2.05) is 25.1 Å². The van der Waals surface area contributed by atoms with Crippen LogP contribution in [0, 0.1) is 0 Å². The smallest absolute Gasteiger partial charge is 0.337 e. The van der Waals surface area contributed by atoms with E-state index in [-0.39, 0.29) is 29.7 Å². The van der Waals surface area contributed by atoms with Crippen molar-refractivity contribution in [2.45, 2.75) is 25.2 Å². The second-order valence-corrected chi connectivity index (χ2v) is 9.00. The molecule has 1 heterocycles. The third-order valence-corrected chi connectivity index (χ3v) is 6.48. The predicted octanol–water partition coefficient (Wildman–Crippen LogP) is 4.45. The maximum atomic E-state index is 12.5. The molecule has 12 heteroatoms. The van der Waals surface area contributed by atoms with E-state index in [9.17, 15) is 14.4 Å². The highest BCUT2D eigenvalue weighted by atomic mass is 35.5. The van der Waals surface area contributed by atoms with Crippen LogP contribution in [0.1, 0.15) is 28.7 Å². The number of nitrogens with zero attached hydrogens (tertiary/aromatic N) is 3. The van der Waals surface area contributed by atoms with Crippen molar-refractivity contribution < 1.29 is 19.1 Å². The molecule has 2 N–H and O–H groups in total. The molecule has 3 rings (SSSR count). The van der Waals surface area contributed by atoms with Gasteiger partial charge in [-0.05, 0) is 42.8 Å². The zero-order valence-corrected chi connectivity index (χ0v) is 21.8. The Morgan fingerprint density at radius 1 is 1.11 bits per heavy atom. The number of carbonyl (C=O) groups excluding carboxylic acids is 3. The fourth-order valence-electron chi connectivity index (χ4n) is 3.06. The van der Waals surface area contributed by atoms with E-state index in [0.717, 1.165) is 5.56 Å². The number of rotatable bonds is 10. The average molecular weight is 548 g/mol. The molecule has 2 aromatic carbocycles. The van der Waals surface area contributed by atoms with Crippen LogP contribution in [0.25, 0.3) is 6.08 Å². The lowest BCUT2D eigenvalue weighted by atomic mass is 10.2. The summed E-state index contributed by atoms with van der Waals surface area (Å²) in [4.78, 5) is 36.4. The molecule has 188 valence electrons. The first-order chi connectivity index (χ1) is 17.3. The first-order valence-corrected chi connectivity index (χ1v) is 12.5. The van der Waals surface area contributed by atoms with Crippen LogP contribution in [0.15, 0.2) is 53.7 Å². The molecule has 1 aromatic heterocycles. The fourth-order valence-corrected chi connectivity index (χ4v) is 4.24. The molecule has 0 aliphatic carbocycles. The fraction of sp³-hybridized carbons (Fsp3) is 0.208. The summed E-state index contributed by atoms with van der Waals surface area (Å²) in [7, 11) is 1.27. The summed E-state index contributed by atoms with van der Waals surface area (Å²) < 4.78 is 6.50. The van der Waals surface area contributed by atoms with Crippen LogP contribution in [-0.4, -0.2) is 45.4 Å². The van der Waals surface area contributed by atoms with Gasteiger partial charge in [-0.25, -0.2) is 4.79 Å². The molecule has 9 nitrogen and oxygen atoms in total. The van der Waals surface area contributed by atoms with E-state index in [1.165, 1.54) is 43.1 Å². The highest BCUT2D eigenvalue weighted by molar-refractivity contribution is 7.99. The summed E-state index contributed by atoms with van der Waals surface area (Å²) in [6, 6.07) is 11.7. The van der Waals surface area contributed by atoms with Crippen LogP contribution in [0.4, 0.5) is 5.69 Å². The number of methoxy groups -OCH3 is 1. The molecule has 3 aromatic rings. The molecule has 0 fully saturated rings. The van der Waals surface area contributed by atoms with E-state index in [1.54, 1.807) is 16.7 Å². The van der Waals surface area contributed by atoms with E-state index in [4.69, 9.17) is 27.9 Å². The molecular formula is C24H23Cl2N5O4S. The molecule has 0 saturated carbocycles. The number of thioether (sulfide) groups is 1. The molecule has 0 atom stereocenters. The summed E-state index contributed by atoms with van der Waals surface area (Å²) in [6.07, 6.45) is 3.03. The van der Waals surface area contributed by atoms with Crippen molar-refractivity contribution in [1.82, 2.24) is 20.1 Å². The Kier molecular flexibility index (Phi) is 9.92. The van der Waals surface area contributed by atoms with Crippen molar-refractivity contribution in [2.75, 3.05) is 18.2 Å². The van der Waals surface area contributed by atoms with Gasteiger partial charge in [-0.15, -0.1) is 10.2 Å². The van der Waals surface area contributed by atoms with Gasteiger partial charge in [-0.3, -0.25) is 9.59 Å². The standard InChI is InChI=1S/C24H23Cl2N5O4S/c1-3-31-20(13-27-21(32)11-9-15-6-4-5-7-17(15)25)29-30-24(31)36-14-22(33)28-19-12-16(23(34)35-2)8-10-18(19)26/h4-12H,3,13-14H2,1-2H3,(H,27,32)(H,28,33). The zero-order chi connectivity index (χ0) is 26.1. The Balaban J connectivity index is 1.56. The van der Waals surface area contributed by atoms with Gasteiger partial charge in [0.15, 0.2) is 11.0 Å². The van der Waals surface area contributed by atoms with E-state index in [2.05, 4.69) is 20.8 Å². The molecule has 0 aliphatic rings. The quantitative estimate of drug-likeness (QED) is 0.219. The normalized spacial score (nSPS) is 10.9. The van der Waals surface area contributed by atoms with Crippen LogP contribution in [0.5, 0.6) is 0 Å². The number of hydrogen-bond donors (Lipinski definition) is 2. The lowest BCUT2D eigenvalue weighted by molar-refractivity contribution is -0.116. The topological polar surface area (TPSA) is 115 Å². The van der Waals surface area contributed by atoms with Crippen LogP contribution >= 0.6 is 35.0 Å². The average Bonchev–Trinajstić information content (AvgIpc) is 3.28. The molecule has 0 saturated heterocycles. The van der Waals surface area contributed by atoms with Crippen LogP contribution in [-0.2, 0) is 27.4 Å². The van der Waals surface area contributed by atoms with Gasteiger partial charge in [0.05, 0.1) is 35.7 Å². The lowest BCUT2D eigenvalue weighted by Gasteiger charge is -2.10. The highest BCUT2D eigenvalue weighted by Gasteiger charge is 2.15. The van der Waals surface area contributed by atoms with Crippen LogP contribution < -0.4 is 10.6 Å². The van der Waals surface area contributed by atoms with E-state index < -0.39 is 5.97 Å². The summed E-state index contributed by atoms with van der Waals surface area (Å²) in [6.45, 7) is 2.62. The minimum atomic E-state index is -0.536. The summed E-state index contributed by atoms with van der Waals surface area (Å²) >= 11 is 13.4. The molecule has 0 bridgehead atoms. The molecule has 36 heavy (non-hydrogen) atoms. The van der Waals surface area contributed by atoms with Gasteiger partial charge in [0.25, 0.3) is 0 Å². The summed E-state index contributed by atoms with van der Waals surface area (Å²) in [5.41, 5.74) is 1.31. The monoisotopic (exact) mass is 547 g/mol. The van der Waals surface area contributed by atoms with Crippen molar-refractivity contribution >= 4 is 64.5 Å². The maximum Gasteiger partial charge on any atom is 0.337 e. The van der Waals surface area contributed by atoms with Gasteiger partial charge >= 0.3 is 5.97 Å². The molecular weight excluding hydrogens is 525 g/mol. The largest absolute Gasteiger partial charge is 0.465 e. The summed E-state index contributed by atoms with van der Waals surface area (Å²) in [5, 5.41) is 15.1. The van der Waals surface area contributed by atoms with Crippen LogP contribution in [0.3, 0.4) is 0 Å².